The highest BCUT2D eigenvalue weighted by molar-refractivity contribution is 5.47. The monoisotopic (exact) mass is 223 g/mol. The minimum absolute atomic E-state index is 0.227. The van der Waals surface area contributed by atoms with Crippen LogP contribution in [-0.4, -0.2) is 13.2 Å². The van der Waals surface area contributed by atoms with E-state index in [1.165, 1.54) is 6.07 Å². The molecule has 1 saturated carbocycles. The van der Waals surface area contributed by atoms with Crippen LogP contribution in [0.25, 0.3) is 0 Å². The summed E-state index contributed by atoms with van der Waals surface area (Å²) in [5, 5.41) is 0. The summed E-state index contributed by atoms with van der Waals surface area (Å²) in [6, 6.07) is 3.29. The van der Waals surface area contributed by atoms with Crippen molar-refractivity contribution in [1.29, 1.82) is 0 Å². The number of fused-ring (bicyclic) bond motifs is 1. The lowest BCUT2D eigenvalue weighted by Crippen LogP contribution is -2.19. The van der Waals surface area contributed by atoms with Crippen LogP contribution in [0, 0.1) is 5.82 Å². The van der Waals surface area contributed by atoms with Crippen molar-refractivity contribution >= 4 is 0 Å². The van der Waals surface area contributed by atoms with Crippen molar-refractivity contribution < 1.29 is 13.9 Å². The van der Waals surface area contributed by atoms with Crippen LogP contribution in [0.1, 0.15) is 24.8 Å². The molecule has 1 aromatic carbocycles. The van der Waals surface area contributed by atoms with Gasteiger partial charge in [-0.15, -0.1) is 0 Å². The third-order valence-electron chi connectivity index (χ3n) is 3.17. The van der Waals surface area contributed by atoms with Crippen LogP contribution in [-0.2, 0) is 5.54 Å². The SMILES string of the molecule is NC1(c2cc(F)c3c(c2)OCCCO3)CC1. The lowest BCUT2D eigenvalue weighted by atomic mass is 10.0. The molecule has 0 atom stereocenters. The lowest BCUT2D eigenvalue weighted by Gasteiger charge is -2.14. The van der Waals surface area contributed by atoms with E-state index in [0.29, 0.717) is 19.0 Å². The van der Waals surface area contributed by atoms with Crippen molar-refractivity contribution in [2.45, 2.75) is 24.8 Å². The fraction of sp³-hybridized carbons (Fsp3) is 0.500. The quantitative estimate of drug-likeness (QED) is 0.791. The fourth-order valence-corrected chi connectivity index (χ4v) is 1.94. The molecule has 1 aliphatic heterocycles. The van der Waals surface area contributed by atoms with Gasteiger partial charge in [0.2, 0.25) is 0 Å². The van der Waals surface area contributed by atoms with Crippen LogP contribution < -0.4 is 15.2 Å². The van der Waals surface area contributed by atoms with Gasteiger partial charge < -0.3 is 15.2 Å². The topological polar surface area (TPSA) is 44.5 Å². The summed E-state index contributed by atoms with van der Waals surface area (Å²) in [4.78, 5) is 0. The van der Waals surface area contributed by atoms with Gasteiger partial charge in [-0.1, -0.05) is 0 Å². The maximum absolute atomic E-state index is 13.8. The summed E-state index contributed by atoms with van der Waals surface area (Å²) in [7, 11) is 0. The van der Waals surface area contributed by atoms with Crippen molar-refractivity contribution in [2.75, 3.05) is 13.2 Å². The third-order valence-corrected chi connectivity index (χ3v) is 3.17. The van der Waals surface area contributed by atoms with Crippen molar-refractivity contribution in [1.82, 2.24) is 0 Å². The van der Waals surface area contributed by atoms with E-state index >= 15 is 0 Å². The Hall–Kier alpha value is -1.29. The molecule has 0 spiro atoms. The zero-order valence-corrected chi connectivity index (χ0v) is 8.96. The first kappa shape index (κ1) is 9.90. The highest BCUT2D eigenvalue weighted by atomic mass is 19.1. The Morgan fingerprint density at radius 2 is 1.94 bits per heavy atom. The fourth-order valence-electron chi connectivity index (χ4n) is 1.94. The minimum atomic E-state index is -0.369. The highest BCUT2D eigenvalue weighted by Gasteiger charge is 2.41. The number of benzene rings is 1. The van der Waals surface area contributed by atoms with E-state index in [4.69, 9.17) is 15.2 Å². The minimum Gasteiger partial charge on any atom is -0.489 e. The molecule has 0 aromatic heterocycles. The number of hydrogen-bond donors (Lipinski definition) is 1. The Morgan fingerprint density at radius 1 is 1.19 bits per heavy atom. The molecule has 1 heterocycles. The second kappa shape index (κ2) is 3.35. The first-order chi connectivity index (χ1) is 7.69. The zero-order chi connectivity index (χ0) is 11.2. The van der Waals surface area contributed by atoms with Crippen LogP contribution in [0.2, 0.25) is 0 Å². The van der Waals surface area contributed by atoms with E-state index in [-0.39, 0.29) is 17.1 Å². The molecular weight excluding hydrogens is 209 g/mol. The van der Waals surface area contributed by atoms with Crippen molar-refractivity contribution in [3.05, 3.63) is 23.5 Å². The summed E-state index contributed by atoms with van der Waals surface area (Å²) in [6.07, 6.45) is 2.59. The zero-order valence-electron chi connectivity index (χ0n) is 8.96. The molecule has 4 heteroatoms. The van der Waals surface area contributed by atoms with Gasteiger partial charge in [-0.05, 0) is 30.5 Å². The van der Waals surface area contributed by atoms with E-state index in [2.05, 4.69) is 0 Å². The average molecular weight is 223 g/mol. The van der Waals surface area contributed by atoms with Gasteiger partial charge >= 0.3 is 0 Å². The Balaban J connectivity index is 2.05. The maximum atomic E-state index is 13.8. The van der Waals surface area contributed by atoms with Crippen molar-refractivity contribution in [2.24, 2.45) is 5.73 Å². The van der Waals surface area contributed by atoms with E-state index in [0.717, 1.165) is 24.8 Å². The molecule has 2 aliphatic rings. The Labute approximate surface area is 93.3 Å². The molecule has 0 bridgehead atoms. The predicted molar refractivity (Wildman–Crippen MR) is 57.1 cm³/mol. The lowest BCUT2D eigenvalue weighted by molar-refractivity contribution is 0.292. The Morgan fingerprint density at radius 3 is 2.69 bits per heavy atom. The van der Waals surface area contributed by atoms with E-state index in [1.54, 1.807) is 0 Å². The average Bonchev–Trinajstić information content (AvgIpc) is 3.02. The Bertz CT molecular complexity index is 429. The number of ether oxygens (including phenoxy) is 2. The molecule has 0 saturated heterocycles. The number of halogens is 1. The summed E-state index contributed by atoms with van der Waals surface area (Å²) in [5.74, 6) is 0.348. The number of nitrogens with two attached hydrogens (primary N) is 1. The second-order valence-electron chi connectivity index (χ2n) is 4.49. The van der Waals surface area contributed by atoms with Crippen LogP contribution in [0.5, 0.6) is 11.5 Å². The normalized spacial score (nSPS) is 21.4. The van der Waals surface area contributed by atoms with Gasteiger partial charge in [0.1, 0.15) is 0 Å². The molecule has 16 heavy (non-hydrogen) atoms. The molecule has 0 amide bonds. The van der Waals surface area contributed by atoms with E-state index < -0.39 is 0 Å². The molecule has 3 rings (SSSR count). The van der Waals surface area contributed by atoms with Gasteiger partial charge in [0.05, 0.1) is 13.2 Å². The van der Waals surface area contributed by atoms with Gasteiger partial charge in [-0.2, -0.15) is 0 Å². The second-order valence-corrected chi connectivity index (χ2v) is 4.49. The van der Waals surface area contributed by atoms with Crippen molar-refractivity contribution in [3.8, 4) is 11.5 Å². The molecule has 0 radical (unpaired) electrons. The van der Waals surface area contributed by atoms with E-state index in [1.807, 2.05) is 6.07 Å². The van der Waals surface area contributed by atoms with Gasteiger partial charge in [0.25, 0.3) is 0 Å². The van der Waals surface area contributed by atoms with Crippen molar-refractivity contribution in [3.63, 3.8) is 0 Å². The summed E-state index contributed by atoms with van der Waals surface area (Å²) >= 11 is 0. The van der Waals surface area contributed by atoms with E-state index in [9.17, 15) is 4.39 Å². The van der Waals surface area contributed by atoms with Crippen LogP contribution >= 0.6 is 0 Å². The third kappa shape index (κ3) is 1.53. The molecule has 1 fully saturated rings. The van der Waals surface area contributed by atoms with Gasteiger partial charge in [0, 0.05) is 12.0 Å². The van der Waals surface area contributed by atoms with Crippen LogP contribution in [0.15, 0.2) is 12.1 Å². The summed E-state index contributed by atoms with van der Waals surface area (Å²) in [5.41, 5.74) is 6.52. The molecule has 0 unspecified atom stereocenters. The van der Waals surface area contributed by atoms with Crippen LogP contribution in [0.4, 0.5) is 4.39 Å². The molecule has 1 aliphatic carbocycles. The maximum Gasteiger partial charge on any atom is 0.197 e. The molecule has 86 valence electrons. The highest BCUT2D eigenvalue weighted by Crippen LogP contribution is 2.46. The summed E-state index contributed by atoms with van der Waals surface area (Å²) in [6.45, 7) is 1.06. The number of rotatable bonds is 1. The molecule has 3 nitrogen and oxygen atoms in total. The standard InChI is InChI=1S/C12H14FNO2/c13-9-6-8(12(14)2-3-12)7-10-11(9)16-5-1-4-15-10/h6-7H,1-5,14H2. The van der Waals surface area contributed by atoms with Crippen LogP contribution in [0.3, 0.4) is 0 Å². The molecule has 2 N–H and O–H groups in total. The van der Waals surface area contributed by atoms with Gasteiger partial charge in [0.15, 0.2) is 17.3 Å². The Kier molecular flexibility index (Phi) is 2.07. The summed E-state index contributed by atoms with van der Waals surface area (Å²) < 4.78 is 24.6. The first-order valence-electron chi connectivity index (χ1n) is 5.58. The van der Waals surface area contributed by atoms with Gasteiger partial charge in [-0.3, -0.25) is 0 Å². The molecule has 1 aromatic rings. The largest absolute Gasteiger partial charge is 0.489 e. The first-order valence-corrected chi connectivity index (χ1v) is 5.58. The number of hydrogen-bond acceptors (Lipinski definition) is 3. The predicted octanol–water partition coefficient (Wildman–Crippen LogP) is 1.93. The molecular formula is C12H14FNO2. The smallest absolute Gasteiger partial charge is 0.197 e. The van der Waals surface area contributed by atoms with Gasteiger partial charge in [-0.25, -0.2) is 4.39 Å².